The summed E-state index contributed by atoms with van der Waals surface area (Å²) in [5.41, 5.74) is 0.973. The Morgan fingerprint density at radius 2 is 1.50 bits per heavy atom. The van der Waals surface area contributed by atoms with Crippen LogP contribution in [0.3, 0.4) is 0 Å². The monoisotopic (exact) mass is 278 g/mol. The van der Waals surface area contributed by atoms with Gasteiger partial charge in [-0.1, -0.05) is 12.1 Å². The van der Waals surface area contributed by atoms with Crippen molar-refractivity contribution in [2.45, 2.75) is 37.1 Å². The van der Waals surface area contributed by atoms with Crippen LogP contribution in [0.2, 0.25) is 0 Å². The molecule has 0 unspecified atom stereocenters. The second kappa shape index (κ2) is 5.35. The third-order valence-electron chi connectivity index (χ3n) is 4.64. The molecule has 1 aliphatic heterocycles. The predicted octanol–water partition coefficient (Wildman–Crippen LogP) is 2.85. The lowest BCUT2D eigenvalue weighted by atomic mass is 9.77. The molecule has 0 atom stereocenters. The van der Waals surface area contributed by atoms with Crippen molar-refractivity contribution >= 4 is 0 Å². The number of methoxy groups -OCH3 is 2. The van der Waals surface area contributed by atoms with E-state index in [4.69, 9.17) is 18.9 Å². The number of rotatable bonds is 3. The van der Waals surface area contributed by atoms with Crippen molar-refractivity contribution in [2.24, 2.45) is 0 Å². The molecular formula is C16H22O4. The quantitative estimate of drug-likeness (QED) is 0.852. The zero-order valence-corrected chi connectivity index (χ0v) is 12.2. The second-order valence-electron chi connectivity index (χ2n) is 5.53. The molecule has 0 N–H and O–H groups in total. The molecule has 1 saturated heterocycles. The SMILES string of the molecule is COc1ccc(C2(OC)CCC3(CC2)OCCO3)cc1. The van der Waals surface area contributed by atoms with E-state index in [-0.39, 0.29) is 11.4 Å². The van der Waals surface area contributed by atoms with Crippen LogP contribution in [0.4, 0.5) is 0 Å². The molecule has 0 radical (unpaired) electrons. The van der Waals surface area contributed by atoms with Gasteiger partial charge in [-0.3, -0.25) is 0 Å². The molecule has 1 saturated carbocycles. The molecule has 0 aromatic heterocycles. The molecule has 0 amide bonds. The van der Waals surface area contributed by atoms with Crippen LogP contribution in [-0.2, 0) is 19.8 Å². The van der Waals surface area contributed by atoms with Crippen LogP contribution in [0.25, 0.3) is 0 Å². The Labute approximate surface area is 120 Å². The number of ether oxygens (including phenoxy) is 4. The normalized spacial score (nSPS) is 23.9. The van der Waals surface area contributed by atoms with Gasteiger partial charge in [0.15, 0.2) is 5.79 Å². The van der Waals surface area contributed by atoms with Gasteiger partial charge in [-0.2, -0.15) is 0 Å². The molecule has 1 aromatic rings. The van der Waals surface area contributed by atoms with Gasteiger partial charge in [0.2, 0.25) is 0 Å². The predicted molar refractivity (Wildman–Crippen MR) is 74.8 cm³/mol. The van der Waals surface area contributed by atoms with Crippen LogP contribution < -0.4 is 4.74 Å². The highest BCUT2D eigenvalue weighted by Crippen LogP contribution is 2.46. The molecule has 2 fully saturated rings. The van der Waals surface area contributed by atoms with E-state index in [2.05, 4.69) is 12.1 Å². The zero-order valence-electron chi connectivity index (χ0n) is 12.2. The first-order valence-corrected chi connectivity index (χ1v) is 7.20. The molecule has 1 aliphatic carbocycles. The van der Waals surface area contributed by atoms with Gasteiger partial charge in [-0.15, -0.1) is 0 Å². The van der Waals surface area contributed by atoms with E-state index < -0.39 is 0 Å². The van der Waals surface area contributed by atoms with E-state index in [1.54, 1.807) is 14.2 Å². The summed E-state index contributed by atoms with van der Waals surface area (Å²) >= 11 is 0. The fourth-order valence-corrected chi connectivity index (χ4v) is 3.33. The van der Waals surface area contributed by atoms with Crippen molar-refractivity contribution in [1.82, 2.24) is 0 Å². The van der Waals surface area contributed by atoms with Crippen molar-refractivity contribution in [1.29, 1.82) is 0 Å². The summed E-state index contributed by atoms with van der Waals surface area (Å²) in [5.74, 6) is 0.517. The van der Waals surface area contributed by atoms with Gasteiger partial charge in [-0.25, -0.2) is 0 Å². The van der Waals surface area contributed by atoms with Crippen LogP contribution in [0, 0.1) is 0 Å². The summed E-state index contributed by atoms with van der Waals surface area (Å²) < 4.78 is 22.7. The second-order valence-corrected chi connectivity index (χ2v) is 5.53. The maximum absolute atomic E-state index is 5.89. The minimum absolute atomic E-state index is 0.229. The lowest BCUT2D eigenvalue weighted by Crippen LogP contribution is -2.43. The highest BCUT2D eigenvalue weighted by Gasteiger charge is 2.47. The fourth-order valence-electron chi connectivity index (χ4n) is 3.33. The summed E-state index contributed by atoms with van der Waals surface area (Å²) in [4.78, 5) is 0. The minimum Gasteiger partial charge on any atom is -0.497 e. The van der Waals surface area contributed by atoms with E-state index in [1.807, 2.05) is 12.1 Å². The maximum atomic E-state index is 5.89. The molecule has 3 rings (SSSR count). The molecule has 0 bridgehead atoms. The van der Waals surface area contributed by atoms with E-state index in [9.17, 15) is 0 Å². The molecule has 110 valence electrons. The smallest absolute Gasteiger partial charge is 0.168 e. The van der Waals surface area contributed by atoms with Crippen LogP contribution in [0.1, 0.15) is 31.2 Å². The van der Waals surface area contributed by atoms with E-state index in [0.29, 0.717) is 13.2 Å². The molecule has 20 heavy (non-hydrogen) atoms. The van der Waals surface area contributed by atoms with E-state index in [1.165, 1.54) is 5.56 Å². The molecule has 4 heteroatoms. The Balaban J connectivity index is 1.78. The van der Waals surface area contributed by atoms with Gasteiger partial charge in [0.25, 0.3) is 0 Å². The van der Waals surface area contributed by atoms with E-state index in [0.717, 1.165) is 31.4 Å². The minimum atomic E-state index is -0.353. The molecule has 1 spiro atoms. The first-order chi connectivity index (χ1) is 9.72. The highest BCUT2D eigenvalue weighted by molar-refractivity contribution is 5.31. The molecule has 1 aromatic carbocycles. The Bertz CT molecular complexity index is 438. The number of hydrogen-bond acceptors (Lipinski definition) is 4. The van der Waals surface area contributed by atoms with Crippen molar-refractivity contribution in [3.63, 3.8) is 0 Å². The summed E-state index contributed by atoms with van der Waals surface area (Å²) in [6.45, 7) is 1.42. The van der Waals surface area contributed by atoms with Gasteiger partial charge in [-0.05, 0) is 30.5 Å². The Morgan fingerprint density at radius 1 is 0.900 bits per heavy atom. The van der Waals surface area contributed by atoms with Crippen LogP contribution in [-0.4, -0.2) is 33.2 Å². The summed E-state index contributed by atoms with van der Waals surface area (Å²) in [5, 5.41) is 0. The lowest BCUT2D eigenvalue weighted by Gasteiger charge is -2.43. The van der Waals surface area contributed by atoms with Crippen molar-refractivity contribution < 1.29 is 18.9 Å². The lowest BCUT2D eigenvalue weighted by molar-refractivity contribution is -0.208. The van der Waals surface area contributed by atoms with Gasteiger partial charge in [0.05, 0.1) is 25.9 Å². The first-order valence-electron chi connectivity index (χ1n) is 7.20. The molecule has 1 heterocycles. The Hall–Kier alpha value is -1.10. The summed E-state index contributed by atoms with van der Waals surface area (Å²) in [6.07, 6.45) is 3.59. The van der Waals surface area contributed by atoms with Crippen molar-refractivity contribution in [3.05, 3.63) is 29.8 Å². The number of hydrogen-bond donors (Lipinski definition) is 0. The topological polar surface area (TPSA) is 36.9 Å². The molecule has 2 aliphatic rings. The first kappa shape index (κ1) is 13.9. The Morgan fingerprint density at radius 3 is 2.00 bits per heavy atom. The van der Waals surface area contributed by atoms with Crippen LogP contribution in [0.5, 0.6) is 5.75 Å². The fraction of sp³-hybridized carbons (Fsp3) is 0.625. The highest BCUT2D eigenvalue weighted by atomic mass is 16.7. The third-order valence-corrected chi connectivity index (χ3v) is 4.64. The molecule has 4 nitrogen and oxygen atoms in total. The maximum Gasteiger partial charge on any atom is 0.168 e. The average Bonchev–Trinajstić information content (AvgIpc) is 2.97. The van der Waals surface area contributed by atoms with Crippen molar-refractivity contribution in [2.75, 3.05) is 27.4 Å². The third kappa shape index (κ3) is 2.32. The largest absolute Gasteiger partial charge is 0.497 e. The van der Waals surface area contributed by atoms with E-state index >= 15 is 0 Å². The Kier molecular flexibility index (Phi) is 3.71. The van der Waals surface area contributed by atoms with Crippen LogP contribution >= 0.6 is 0 Å². The average molecular weight is 278 g/mol. The summed E-state index contributed by atoms with van der Waals surface area (Å²) in [7, 11) is 3.47. The van der Waals surface area contributed by atoms with Gasteiger partial charge < -0.3 is 18.9 Å². The number of benzene rings is 1. The molecular weight excluding hydrogens is 256 g/mol. The van der Waals surface area contributed by atoms with Gasteiger partial charge >= 0.3 is 0 Å². The van der Waals surface area contributed by atoms with Crippen LogP contribution in [0.15, 0.2) is 24.3 Å². The van der Waals surface area contributed by atoms with Gasteiger partial charge in [0, 0.05) is 20.0 Å². The van der Waals surface area contributed by atoms with Crippen molar-refractivity contribution in [3.8, 4) is 5.75 Å². The standard InChI is InChI=1S/C16H22O4/c1-17-14-5-3-13(4-6-14)15(18-2)7-9-16(10-8-15)19-11-12-20-16/h3-6H,7-12H2,1-2H3. The summed E-state index contributed by atoms with van der Waals surface area (Å²) in [6, 6.07) is 8.17. The van der Waals surface area contributed by atoms with Gasteiger partial charge in [0.1, 0.15) is 5.75 Å². The zero-order chi connectivity index (χ0) is 14.1.